The summed E-state index contributed by atoms with van der Waals surface area (Å²) in [5.41, 5.74) is 1.58. The fourth-order valence-corrected chi connectivity index (χ4v) is 3.97. The molecule has 1 nitrogen and oxygen atoms in total. The van der Waals surface area contributed by atoms with Crippen molar-refractivity contribution < 1.29 is 0 Å². The number of nitrogens with zero attached hydrogens (tertiary/aromatic N) is 1. The topological polar surface area (TPSA) is 3.24 Å². The van der Waals surface area contributed by atoms with E-state index in [-0.39, 0.29) is 0 Å². The molecule has 0 aromatic heterocycles. The smallest absolute Gasteiger partial charge is 0.00477 e. The second-order valence-electron chi connectivity index (χ2n) is 6.25. The van der Waals surface area contributed by atoms with E-state index in [9.17, 15) is 0 Å². The van der Waals surface area contributed by atoms with Gasteiger partial charge in [0.2, 0.25) is 0 Å². The van der Waals surface area contributed by atoms with Gasteiger partial charge < -0.3 is 4.90 Å². The summed E-state index contributed by atoms with van der Waals surface area (Å²) in [6, 6.07) is 0. The van der Waals surface area contributed by atoms with Crippen LogP contribution in [0.2, 0.25) is 0 Å². The van der Waals surface area contributed by atoms with E-state index < -0.39 is 0 Å². The molecule has 94 valence electrons. The summed E-state index contributed by atoms with van der Waals surface area (Å²) < 4.78 is 0. The van der Waals surface area contributed by atoms with Crippen LogP contribution in [0.15, 0.2) is 23.8 Å². The first-order valence-electron chi connectivity index (χ1n) is 7.42. The molecule has 3 atom stereocenters. The van der Waals surface area contributed by atoms with Crippen molar-refractivity contribution in [2.24, 2.45) is 17.8 Å². The van der Waals surface area contributed by atoms with Gasteiger partial charge in [-0.2, -0.15) is 0 Å². The molecule has 17 heavy (non-hydrogen) atoms. The molecule has 0 N–H and O–H groups in total. The number of hydrogen-bond acceptors (Lipinski definition) is 1. The Balaban J connectivity index is 1.54. The Kier molecular flexibility index (Phi) is 3.37. The van der Waals surface area contributed by atoms with Gasteiger partial charge in [-0.25, -0.2) is 0 Å². The third-order valence-corrected chi connectivity index (χ3v) is 4.93. The van der Waals surface area contributed by atoms with Gasteiger partial charge in [0.15, 0.2) is 0 Å². The second-order valence-corrected chi connectivity index (χ2v) is 6.25. The average Bonchev–Trinajstić information content (AvgIpc) is 2.90. The van der Waals surface area contributed by atoms with Gasteiger partial charge in [0.1, 0.15) is 0 Å². The second kappa shape index (κ2) is 4.97. The Hall–Kier alpha value is -0.560. The van der Waals surface area contributed by atoms with Gasteiger partial charge in [-0.3, -0.25) is 0 Å². The van der Waals surface area contributed by atoms with Crippen molar-refractivity contribution in [2.45, 2.75) is 39.0 Å². The Morgan fingerprint density at radius 1 is 1.24 bits per heavy atom. The molecule has 1 heteroatoms. The van der Waals surface area contributed by atoms with Crippen LogP contribution in [-0.2, 0) is 0 Å². The van der Waals surface area contributed by atoms with Crippen molar-refractivity contribution in [2.75, 3.05) is 19.6 Å². The molecular formula is C16H25N. The van der Waals surface area contributed by atoms with Crippen LogP contribution in [0, 0.1) is 17.8 Å². The first kappa shape index (κ1) is 11.5. The van der Waals surface area contributed by atoms with Crippen LogP contribution >= 0.6 is 0 Å². The van der Waals surface area contributed by atoms with Gasteiger partial charge in [0.05, 0.1) is 0 Å². The van der Waals surface area contributed by atoms with E-state index in [1.165, 1.54) is 51.7 Å². The highest BCUT2D eigenvalue weighted by molar-refractivity contribution is 5.24. The zero-order chi connectivity index (χ0) is 11.7. The van der Waals surface area contributed by atoms with Crippen molar-refractivity contribution in [3.8, 4) is 0 Å². The predicted molar refractivity (Wildman–Crippen MR) is 72.9 cm³/mol. The molecule has 2 aliphatic carbocycles. The third kappa shape index (κ3) is 2.49. The molecular weight excluding hydrogens is 206 g/mol. The van der Waals surface area contributed by atoms with Crippen LogP contribution in [0.1, 0.15) is 39.0 Å². The van der Waals surface area contributed by atoms with Crippen molar-refractivity contribution in [1.29, 1.82) is 0 Å². The fraction of sp³-hybridized carbons (Fsp3) is 0.750. The molecule has 3 rings (SSSR count). The molecule has 0 spiro atoms. The zero-order valence-electron chi connectivity index (χ0n) is 11.1. The molecule has 3 aliphatic rings. The number of likely N-dealkylation sites (tertiary alicyclic amines) is 1. The number of rotatable bonds is 3. The lowest BCUT2D eigenvalue weighted by Gasteiger charge is -2.23. The zero-order valence-corrected chi connectivity index (χ0v) is 11.1. The summed E-state index contributed by atoms with van der Waals surface area (Å²) in [4.78, 5) is 2.72. The maximum atomic E-state index is 2.72. The van der Waals surface area contributed by atoms with E-state index in [1.807, 2.05) is 0 Å². The molecule has 3 unspecified atom stereocenters. The van der Waals surface area contributed by atoms with E-state index in [2.05, 4.69) is 30.1 Å². The van der Waals surface area contributed by atoms with Crippen molar-refractivity contribution >= 4 is 0 Å². The van der Waals surface area contributed by atoms with Crippen LogP contribution in [0.25, 0.3) is 0 Å². The van der Waals surface area contributed by atoms with Crippen LogP contribution in [0.4, 0.5) is 0 Å². The average molecular weight is 231 g/mol. The van der Waals surface area contributed by atoms with Gasteiger partial charge in [-0.1, -0.05) is 31.6 Å². The standard InChI is InChI=1S/C16H25N/c1-13(14-6-3-2-4-7-14)10-17-11-15-8-5-9-16(15)12-17/h3,6-7,13,15-16H,2,4-5,8-12H2,1H3. The van der Waals surface area contributed by atoms with Crippen molar-refractivity contribution in [3.63, 3.8) is 0 Å². The Morgan fingerprint density at radius 3 is 2.65 bits per heavy atom. The van der Waals surface area contributed by atoms with E-state index in [4.69, 9.17) is 0 Å². The first-order valence-corrected chi connectivity index (χ1v) is 7.42. The lowest BCUT2D eigenvalue weighted by Crippen LogP contribution is -2.28. The summed E-state index contributed by atoms with van der Waals surface area (Å²) in [6.45, 7) is 6.44. The van der Waals surface area contributed by atoms with E-state index >= 15 is 0 Å². The van der Waals surface area contributed by atoms with Crippen LogP contribution in [0.3, 0.4) is 0 Å². The van der Waals surface area contributed by atoms with E-state index in [0.29, 0.717) is 0 Å². The molecule has 0 bridgehead atoms. The number of hydrogen-bond donors (Lipinski definition) is 0. The molecule has 0 aromatic rings. The monoisotopic (exact) mass is 231 g/mol. The Labute approximate surface area is 106 Å². The minimum atomic E-state index is 0.727. The highest BCUT2D eigenvalue weighted by Gasteiger charge is 2.36. The molecule has 1 saturated carbocycles. The summed E-state index contributed by atoms with van der Waals surface area (Å²) >= 11 is 0. The van der Waals surface area contributed by atoms with E-state index in [1.54, 1.807) is 5.57 Å². The number of allylic oxidation sites excluding steroid dienone is 3. The summed E-state index contributed by atoms with van der Waals surface area (Å²) in [5, 5.41) is 0. The minimum absolute atomic E-state index is 0.727. The van der Waals surface area contributed by atoms with Gasteiger partial charge in [-0.15, -0.1) is 0 Å². The summed E-state index contributed by atoms with van der Waals surface area (Å²) in [6.07, 6.45) is 14.1. The molecule has 2 fully saturated rings. The highest BCUT2D eigenvalue weighted by atomic mass is 15.2. The van der Waals surface area contributed by atoms with Gasteiger partial charge in [0.25, 0.3) is 0 Å². The molecule has 0 aromatic carbocycles. The lowest BCUT2D eigenvalue weighted by atomic mass is 9.95. The molecule has 0 radical (unpaired) electrons. The maximum Gasteiger partial charge on any atom is 0.00477 e. The van der Waals surface area contributed by atoms with Crippen LogP contribution < -0.4 is 0 Å². The highest BCUT2D eigenvalue weighted by Crippen LogP contribution is 2.38. The van der Waals surface area contributed by atoms with Gasteiger partial charge in [0, 0.05) is 19.6 Å². The maximum absolute atomic E-state index is 2.72. The molecule has 0 amide bonds. The molecule has 1 aliphatic heterocycles. The normalized spacial score (nSPS) is 34.8. The Bertz CT molecular complexity index is 316. The van der Waals surface area contributed by atoms with Crippen molar-refractivity contribution in [3.05, 3.63) is 23.8 Å². The summed E-state index contributed by atoms with van der Waals surface area (Å²) in [5.74, 6) is 2.81. The quantitative estimate of drug-likeness (QED) is 0.717. The van der Waals surface area contributed by atoms with Gasteiger partial charge >= 0.3 is 0 Å². The fourth-order valence-electron chi connectivity index (χ4n) is 3.97. The largest absolute Gasteiger partial charge is 0.302 e. The van der Waals surface area contributed by atoms with Crippen LogP contribution in [-0.4, -0.2) is 24.5 Å². The predicted octanol–water partition coefficient (Wildman–Crippen LogP) is 3.63. The molecule has 1 heterocycles. The SMILES string of the molecule is CC(CN1CC2CCCC2C1)C1=CCCC=C1. The van der Waals surface area contributed by atoms with Crippen molar-refractivity contribution in [1.82, 2.24) is 4.90 Å². The minimum Gasteiger partial charge on any atom is -0.302 e. The Morgan fingerprint density at radius 2 is 2.00 bits per heavy atom. The van der Waals surface area contributed by atoms with Crippen LogP contribution in [0.5, 0.6) is 0 Å². The third-order valence-electron chi connectivity index (χ3n) is 4.93. The van der Waals surface area contributed by atoms with Gasteiger partial charge in [-0.05, 0) is 49.0 Å². The van der Waals surface area contributed by atoms with E-state index in [0.717, 1.165) is 17.8 Å². The lowest BCUT2D eigenvalue weighted by molar-refractivity contribution is 0.284. The summed E-state index contributed by atoms with van der Waals surface area (Å²) in [7, 11) is 0. The molecule has 1 saturated heterocycles. The number of fused-ring (bicyclic) bond motifs is 1. The first-order chi connectivity index (χ1) is 8.33.